The molecule has 1 unspecified atom stereocenters. The van der Waals surface area contributed by atoms with Crippen LogP contribution in [-0.4, -0.2) is 119 Å². The summed E-state index contributed by atoms with van der Waals surface area (Å²) in [7, 11) is 0. The average molecular weight is 743 g/mol. The summed E-state index contributed by atoms with van der Waals surface area (Å²) in [4.78, 5) is 71.5. The molecule has 0 aromatic carbocycles. The predicted molar refractivity (Wildman–Crippen MR) is 184 cm³/mol. The van der Waals surface area contributed by atoms with E-state index in [1.165, 1.54) is 20.8 Å². The lowest BCUT2D eigenvalue weighted by atomic mass is 9.77. The first-order valence-electron chi connectivity index (χ1n) is 17.7. The summed E-state index contributed by atoms with van der Waals surface area (Å²) in [6.45, 7) is 12.3. The van der Waals surface area contributed by atoms with E-state index in [1.54, 1.807) is 0 Å². The van der Waals surface area contributed by atoms with Gasteiger partial charge in [0.05, 0.1) is 18.1 Å². The fourth-order valence-electron chi connectivity index (χ4n) is 5.04. The van der Waals surface area contributed by atoms with Gasteiger partial charge in [0.2, 0.25) is 17.7 Å². The highest BCUT2D eigenvalue weighted by Crippen LogP contribution is 2.31. The topological polar surface area (TPSA) is 227 Å². The van der Waals surface area contributed by atoms with Crippen LogP contribution in [0.3, 0.4) is 0 Å². The molecule has 296 valence electrons. The third-order valence-corrected chi connectivity index (χ3v) is 8.28. The van der Waals surface area contributed by atoms with E-state index in [9.17, 15) is 34.0 Å². The second-order valence-electron chi connectivity index (χ2n) is 13.1. The first-order valence-corrected chi connectivity index (χ1v) is 17.7. The molecule has 17 heteroatoms. The Labute approximate surface area is 306 Å². The minimum Gasteiger partial charge on any atom is -0.463 e. The molecule has 3 N–H and O–H groups in total. The van der Waals surface area contributed by atoms with Crippen LogP contribution in [0.4, 0.5) is 0 Å². The fraction of sp³-hybridized carbons (Fsp3) is 0.800. The lowest BCUT2D eigenvalue weighted by Gasteiger charge is -2.44. The monoisotopic (exact) mass is 742 g/mol. The van der Waals surface area contributed by atoms with Crippen LogP contribution in [0.15, 0.2) is 0 Å². The van der Waals surface area contributed by atoms with E-state index in [2.05, 4.69) is 22.0 Å². The standard InChI is InChI=1S/C35H58N4O13/c1-23(2)35(7,22-36)13-12-29(44)38-15-19-46-16-11-17-47-21-30(45)37-14-9-8-10-18-48-34-31(39-24(3)40)33(51-27(6)43)32(50-26(5)42)28(52-34)20-49-25(4)41/h23,28,31-34H,8-21H2,1-7H3,(H,37,45)(H,38,44)(H,39,40)/t28-,31-,32+,33-,34-,35?/m1/s1. The smallest absolute Gasteiger partial charge is 0.303 e. The third kappa shape index (κ3) is 19.1. The van der Waals surface area contributed by atoms with Crippen molar-refractivity contribution < 1.29 is 61.9 Å². The Morgan fingerprint density at radius 3 is 2.06 bits per heavy atom. The van der Waals surface area contributed by atoms with Crippen molar-refractivity contribution in [1.82, 2.24) is 16.0 Å². The molecule has 1 heterocycles. The number of unbranched alkanes of at least 4 members (excludes halogenated alkanes) is 2. The number of hydrogen-bond acceptors (Lipinski definition) is 14. The molecule has 0 spiro atoms. The second kappa shape index (κ2) is 25.2. The molecule has 3 amide bonds. The maximum atomic E-state index is 12.1. The molecule has 0 bridgehead atoms. The molecule has 0 aromatic heterocycles. The molecule has 1 aliphatic rings. The van der Waals surface area contributed by atoms with Gasteiger partial charge >= 0.3 is 17.9 Å². The van der Waals surface area contributed by atoms with Gasteiger partial charge in [0, 0.05) is 67.0 Å². The minimum atomic E-state index is -1.20. The van der Waals surface area contributed by atoms with Crippen molar-refractivity contribution >= 4 is 35.6 Å². The van der Waals surface area contributed by atoms with Crippen molar-refractivity contribution in [2.24, 2.45) is 11.3 Å². The Morgan fingerprint density at radius 1 is 0.788 bits per heavy atom. The van der Waals surface area contributed by atoms with E-state index in [4.69, 9.17) is 33.2 Å². The van der Waals surface area contributed by atoms with Crippen molar-refractivity contribution in [2.45, 2.75) is 118 Å². The van der Waals surface area contributed by atoms with Crippen LogP contribution in [0.1, 0.15) is 87.0 Å². The normalized spacial score (nSPS) is 20.9. The number of esters is 3. The van der Waals surface area contributed by atoms with Crippen LogP contribution in [-0.2, 0) is 61.9 Å². The van der Waals surface area contributed by atoms with E-state index >= 15 is 0 Å². The summed E-state index contributed by atoms with van der Waals surface area (Å²) in [5.41, 5.74) is -0.531. The Kier molecular flexibility index (Phi) is 22.4. The molecule has 0 aliphatic carbocycles. The number of hydrogen-bond donors (Lipinski definition) is 3. The number of nitriles is 1. The predicted octanol–water partition coefficient (Wildman–Crippen LogP) is 1.45. The van der Waals surface area contributed by atoms with Gasteiger partial charge < -0.3 is 49.1 Å². The van der Waals surface area contributed by atoms with Gasteiger partial charge in [-0.25, -0.2) is 0 Å². The van der Waals surface area contributed by atoms with E-state index in [0.717, 1.165) is 6.92 Å². The summed E-state index contributed by atoms with van der Waals surface area (Å²) in [5.74, 6) is -2.67. The highest BCUT2D eigenvalue weighted by atomic mass is 16.7. The summed E-state index contributed by atoms with van der Waals surface area (Å²) in [6.07, 6.45) is -1.32. The summed E-state index contributed by atoms with van der Waals surface area (Å²) in [6, 6.07) is 1.27. The molecular formula is C35H58N4O13. The fourth-order valence-corrected chi connectivity index (χ4v) is 5.04. The highest BCUT2D eigenvalue weighted by molar-refractivity contribution is 5.77. The Bertz CT molecular complexity index is 1190. The van der Waals surface area contributed by atoms with Gasteiger partial charge in [0.1, 0.15) is 25.4 Å². The SMILES string of the molecule is CC(=O)N[C@H]1[C@H](OCCCCCNC(=O)COCCCOCCNC(=O)CCC(C)(C#N)C(C)C)O[C@H](COC(C)=O)[C@H](OC(C)=O)[C@@H]1OC(C)=O. The second-order valence-corrected chi connectivity index (χ2v) is 13.1. The van der Waals surface area contributed by atoms with E-state index < -0.39 is 59.9 Å². The molecule has 0 aromatic rings. The maximum absolute atomic E-state index is 12.1. The van der Waals surface area contributed by atoms with E-state index in [1.807, 2.05) is 20.8 Å². The maximum Gasteiger partial charge on any atom is 0.303 e. The zero-order valence-electron chi connectivity index (χ0n) is 31.6. The molecule has 6 atom stereocenters. The number of rotatable bonds is 25. The third-order valence-electron chi connectivity index (χ3n) is 8.28. The molecule has 52 heavy (non-hydrogen) atoms. The number of ether oxygens (including phenoxy) is 7. The Balaban J connectivity index is 2.33. The van der Waals surface area contributed by atoms with Crippen molar-refractivity contribution in [3.63, 3.8) is 0 Å². The van der Waals surface area contributed by atoms with Crippen molar-refractivity contribution in [3.8, 4) is 6.07 Å². The number of nitrogens with one attached hydrogen (secondary N) is 3. The summed E-state index contributed by atoms with van der Waals surface area (Å²) in [5, 5.41) is 17.6. The number of carbonyl (C=O) groups is 6. The molecule has 0 saturated carbocycles. The molecule has 0 radical (unpaired) electrons. The zero-order chi connectivity index (χ0) is 39.1. The van der Waals surface area contributed by atoms with E-state index in [-0.39, 0.29) is 44.0 Å². The van der Waals surface area contributed by atoms with Gasteiger partial charge in [0.15, 0.2) is 18.5 Å². The number of amides is 3. The molecular weight excluding hydrogens is 684 g/mol. The van der Waals surface area contributed by atoms with Gasteiger partial charge in [-0.3, -0.25) is 28.8 Å². The van der Waals surface area contributed by atoms with Crippen molar-refractivity contribution in [1.29, 1.82) is 5.26 Å². The first-order chi connectivity index (χ1) is 24.6. The molecule has 1 saturated heterocycles. The average Bonchev–Trinajstić information content (AvgIpc) is 3.06. The lowest BCUT2D eigenvalue weighted by molar-refractivity contribution is -0.277. The van der Waals surface area contributed by atoms with Crippen molar-refractivity contribution in [2.75, 3.05) is 52.7 Å². The molecule has 1 fully saturated rings. The van der Waals surface area contributed by atoms with Crippen LogP contribution in [0.5, 0.6) is 0 Å². The number of carbonyl (C=O) groups excluding carboxylic acids is 6. The van der Waals surface area contributed by atoms with Gasteiger partial charge in [-0.05, 0) is 44.9 Å². The molecule has 1 rings (SSSR count). The summed E-state index contributed by atoms with van der Waals surface area (Å²) >= 11 is 0. The highest BCUT2D eigenvalue weighted by Gasteiger charge is 2.51. The number of nitrogens with zero attached hydrogens (tertiary/aromatic N) is 1. The summed E-state index contributed by atoms with van der Waals surface area (Å²) < 4.78 is 38.7. The van der Waals surface area contributed by atoms with Gasteiger partial charge in [0.25, 0.3) is 0 Å². The lowest BCUT2D eigenvalue weighted by Crippen LogP contribution is -2.66. The largest absolute Gasteiger partial charge is 0.463 e. The van der Waals surface area contributed by atoms with Crippen LogP contribution in [0, 0.1) is 22.7 Å². The van der Waals surface area contributed by atoms with E-state index in [0.29, 0.717) is 65.0 Å². The zero-order valence-corrected chi connectivity index (χ0v) is 31.6. The Hall–Kier alpha value is -3.85. The quantitative estimate of drug-likeness (QED) is 0.0684. The van der Waals surface area contributed by atoms with Crippen LogP contribution >= 0.6 is 0 Å². The van der Waals surface area contributed by atoms with Crippen LogP contribution in [0.2, 0.25) is 0 Å². The van der Waals surface area contributed by atoms with Gasteiger partial charge in [-0.1, -0.05) is 13.8 Å². The van der Waals surface area contributed by atoms with Crippen LogP contribution < -0.4 is 16.0 Å². The molecule has 17 nitrogen and oxygen atoms in total. The first kappa shape index (κ1) is 46.2. The minimum absolute atomic E-state index is 0.0902. The van der Waals surface area contributed by atoms with Crippen LogP contribution in [0.25, 0.3) is 0 Å². The van der Waals surface area contributed by atoms with Gasteiger partial charge in [-0.15, -0.1) is 0 Å². The van der Waals surface area contributed by atoms with Gasteiger partial charge in [-0.2, -0.15) is 5.26 Å². The molecule has 1 aliphatic heterocycles. The van der Waals surface area contributed by atoms with Crippen molar-refractivity contribution in [3.05, 3.63) is 0 Å². The Morgan fingerprint density at radius 2 is 1.44 bits per heavy atom.